The Kier molecular flexibility index (Phi) is 5.03. The number of likely N-dealkylation sites (tertiary alicyclic amines) is 1. The summed E-state index contributed by atoms with van der Waals surface area (Å²) >= 11 is 0. The van der Waals surface area contributed by atoms with E-state index in [-0.39, 0.29) is 17.9 Å². The van der Waals surface area contributed by atoms with E-state index in [4.69, 9.17) is 0 Å². The first-order valence-electron chi connectivity index (χ1n) is 8.52. The van der Waals surface area contributed by atoms with Gasteiger partial charge in [0.05, 0.1) is 6.04 Å². The average Bonchev–Trinajstić information content (AvgIpc) is 3.21. The van der Waals surface area contributed by atoms with Crippen molar-refractivity contribution in [3.63, 3.8) is 0 Å². The molecule has 130 valence electrons. The van der Waals surface area contributed by atoms with Crippen LogP contribution in [0.25, 0.3) is 6.08 Å². The van der Waals surface area contributed by atoms with Crippen LogP contribution in [0.4, 0.5) is 5.69 Å². The molecule has 1 atom stereocenters. The van der Waals surface area contributed by atoms with Gasteiger partial charge in [-0.1, -0.05) is 12.1 Å². The fourth-order valence-electron chi connectivity index (χ4n) is 3.30. The Morgan fingerprint density at radius 3 is 2.60 bits per heavy atom. The lowest BCUT2D eigenvalue weighted by Gasteiger charge is -2.24. The summed E-state index contributed by atoms with van der Waals surface area (Å²) in [5.41, 5.74) is 2.86. The van der Waals surface area contributed by atoms with Crippen LogP contribution < -0.4 is 5.32 Å². The van der Waals surface area contributed by atoms with Gasteiger partial charge in [-0.3, -0.25) is 9.59 Å². The summed E-state index contributed by atoms with van der Waals surface area (Å²) in [6.07, 6.45) is 7.50. The Hall–Kier alpha value is -2.82. The van der Waals surface area contributed by atoms with Crippen LogP contribution in [0.3, 0.4) is 0 Å². The number of carbonyl (C=O) groups excluding carboxylic acids is 2. The van der Waals surface area contributed by atoms with E-state index < -0.39 is 0 Å². The molecule has 1 aliphatic rings. The molecule has 2 heterocycles. The molecule has 1 N–H and O–H groups in total. The summed E-state index contributed by atoms with van der Waals surface area (Å²) in [4.78, 5) is 25.6. The fraction of sp³-hybridized carbons (Fsp3) is 0.300. The largest absolute Gasteiger partial charge is 0.353 e. The average molecular weight is 337 g/mol. The predicted molar refractivity (Wildman–Crippen MR) is 98.9 cm³/mol. The zero-order valence-corrected chi connectivity index (χ0v) is 14.6. The molecule has 3 rings (SSSR count). The van der Waals surface area contributed by atoms with Crippen molar-refractivity contribution in [1.82, 2.24) is 9.47 Å². The van der Waals surface area contributed by atoms with Crippen molar-refractivity contribution in [2.24, 2.45) is 7.05 Å². The van der Waals surface area contributed by atoms with Gasteiger partial charge in [-0.25, -0.2) is 0 Å². The molecule has 1 aliphatic heterocycles. The second kappa shape index (κ2) is 7.38. The standard InChI is InChI=1S/C20H23N3O2/c1-15(24)21-17-10-7-16(8-11-17)9-12-20(25)23-14-4-6-19(23)18-5-3-13-22(18)2/h3,5,7-13,19H,4,6,14H2,1-2H3,(H,21,24)/b12-9+/t19-/m1/s1. The van der Waals surface area contributed by atoms with Crippen LogP contribution in [0.5, 0.6) is 0 Å². The Morgan fingerprint density at radius 2 is 1.96 bits per heavy atom. The first-order chi connectivity index (χ1) is 12.0. The van der Waals surface area contributed by atoms with Gasteiger partial charge in [0.2, 0.25) is 11.8 Å². The molecule has 0 spiro atoms. The maximum Gasteiger partial charge on any atom is 0.247 e. The predicted octanol–water partition coefficient (Wildman–Crippen LogP) is 3.36. The number of aryl methyl sites for hydroxylation is 1. The minimum absolute atomic E-state index is 0.0367. The number of nitrogens with zero attached hydrogens (tertiary/aromatic N) is 2. The smallest absolute Gasteiger partial charge is 0.247 e. The summed E-state index contributed by atoms with van der Waals surface area (Å²) in [5.74, 6) is -0.0612. The monoisotopic (exact) mass is 337 g/mol. The zero-order valence-electron chi connectivity index (χ0n) is 14.6. The first-order valence-corrected chi connectivity index (χ1v) is 8.52. The SMILES string of the molecule is CC(=O)Nc1ccc(/C=C/C(=O)N2CCC[C@@H]2c2cccn2C)cc1. The molecule has 0 aliphatic carbocycles. The van der Waals surface area contributed by atoms with Crippen molar-refractivity contribution < 1.29 is 9.59 Å². The quantitative estimate of drug-likeness (QED) is 0.870. The lowest BCUT2D eigenvalue weighted by Crippen LogP contribution is -2.29. The Balaban J connectivity index is 1.67. The highest BCUT2D eigenvalue weighted by Gasteiger charge is 2.29. The molecule has 1 saturated heterocycles. The zero-order chi connectivity index (χ0) is 17.8. The van der Waals surface area contributed by atoms with E-state index in [1.54, 1.807) is 6.08 Å². The molecule has 0 saturated carbocycles. The number of benzene rings is 1. The van der Waals surface area contributed by atoms with Crippen LogP contribution in [0, 0.1) is 0 Å². The molecule has 1 aromatic heterocycles. The van der Waals surface area contributed by atoms with Crippen molar-refractivity contribution in [3.8, 4) is 0 Å². The molecule has 25 heavy (non-hydrogen) atoms. The molecule has 5 heteroatoms. The molecular weight excluding hydrogens is 314 g/mol. The molecule has 1 aromatic carbocycles. The van der Waals surface area contributed by atoms with E-state index in [1.165, 1.54) is 12.6 Å². The fourth-order valence-corrected chi connectivity index (χ4v) is 3.30. The van der Waals surface area contributed by atoms with Crippen LogP contribution in [0.2, 0.25) is 0 Å². The van der Waals surface area contributed by atoms with Crippen molar-refractivity contribution in [2.75, 3.05) is 11.9 Å². The third-order valence-corrected chi connectivity index (χ3v) is 4.51. The lowest BCUT2D eigenvalue weighted by molar-refractivity contribution is -0.127. The normalized spacial score (nSPS) is 17.2. The van der Waals surface area contributed by atoms with Gasteiger partial charge in [0.1, 0.15) is 0 Å². The van der Waals surface area contributed by atoms with E-state index in [1.807, 2.05) is 54.6 Å². The Morgan fingerprint density at radius 1 is 1.20 bits per heavy atom. The van der Waals surface area contributed by atoms with Crippen molar-refractivity contribution in [2.45, 2.75) is 25.8 Å². The van der Waals surface area contributed by atoms with E-state index in [0.29, 0.717) is 0 Å². The minimum atomic E-state index is -0.0979. The number of hydrogen-bond donors (Lipinski definition) is 1. The van der Waals surface area contributed by atoms with E-state index in [0.717, 1.165) is 30.6 Å². The van der Waals surface area contributed by atoms with Gasteiger partial charge >= 0.3 is 0 Å². The van der Waals surface area contributed by atoms with Crippen LogP contribution in [0.1, 0.15) is 37.1 Å². The van der Waals surface area contributed by atoms with Crippen LogP contribution >= 0.6 is 0 Å². The van der Waals surface area contributed by atoms with Crippen LogP contribution in [-0.2, 0) is 16.6 Å². The van der Waals surface area contributed by atoms with Crippen molar-refractivity contribution in [3.05, 3.63) is 59.9 Å². The van der Waals surface area contributed by atoms with Gasteiger partial charge in [0, 0.05) is 44.2 Å². The van der Waals surface area contributed by atoms with Gasteiger partial charge in [-0.05, 0) is 48.7 Å². The van der Waals surface area contributed by atoms with Crippen molar-refractivity contribution >= 4 is 23.6 Å². The molecule has 0 radical (unpaired) electrons. The van der Waals surface area contributed by atoms with E-state index >= 15 is 0 Å². The molecular formula is C20H23N3O2. The molecule has 0 unspecified atom stereocenters. The number of anilines is 1. The number of hydrogen-bond acceptors (Lipinski definition) is 2. The number of nitrogens with one attached hydrogen (secondary N) is 1. The van der Waals surface area contributed by atoms with Gasteiger partial charge < -0.3 is 14.8 Å². The van der Waals surface area contributed by atoms with Crippen LogP contribution in [0.15, 0.2) is 48.7 Å². The van der Waals surface area contributed by atoms with Gasteiger partial charge in [-0.15, -0.1) is 0 Å². The number of rotatable bonds is 4. The van der Waals surface area contributed by atoms with Crippen molar-refractivity contribution in [1.29, 1.82) is 0 Å². The topological polar surface area (TPSA) is 54.3 Å². The number of carbonyl (C=O) groups is 2. The lowest BCUT2D eigenvalue weighted by atomic mass is 10.1. The number of amides is 2. The maximum atomic E-state index is 12.6. The maximum absolute atomic E-state index is 12.6. The second-order valence-electron chi connectivity index (χ2n) is 6.37. The molecule has 2 amide bonds. The molecule has 5 nitrogen and oxygen atoms in total. The number of aromatic nitrogens is 1. The molecule has 1 fully saturated rings. The third-order valence-electron chi connectivity index (χ3n) is 4.51. The highest BCUT2D eigenvalue weighted by Crippen LogP contribution is 2.32. The highest BCUT2D eigenvalue weighted by molar-refractivity contribution is 5.92. The summed E-state index contributed by atoms with van der Waals surface area (Å²) in [5, 5.41) is 2.73. The van der Waals surface area contributed by atoms with Gasteiger partial charge in [-0.2, -0.15) is 0 Å². The summed E-state index contributed by atoms with van der Waals surface area (Å²) in [7, 11) is 2.02. The van der Waals surface area contributed by atoms with E-state index in [2.05, 4.69) is 16.0 Å². The Bertz CT molecular complexity index is 790. The minimum Gasteiger partial charge on any atom is -0.353 e. The van der Waals surface area contributed by atoms with Gasteiger partial charge in [0.15, 0.2) is 0 Å². The summed E-state index contributed by atoms with van der Waals surface area (Å²) < 4.78 is 2.08. The highest BCUT2D eigenvalue weighted by atomic mass is 16.2. The first kappa shape index (κ1) is 17.0. The second-order valence-corrected chi connectivity index (χ2v) is 6.37. The van der Waals surface area contributed by atoms with Gasteiger partial charge in [0.25, 0.3) is 0 Å². The third kappa shape index (κ3) is 3.99. The molecule has 0 bridgehead atoms. The van der Waals surface area contributed by atoms with Crippen LogP contribution in [-0.4, -0.2) is 27.8 Å². The van der Waals surface area contributed by atoms with E-state index in [9.17, 15) is 9.59 Å². The summed E-state index contributed by atoms with van der Waals surface area (Å²) in [6.45, 7) is 2.27. The molecule has 2 aromatic rings. The Labute approximate surface area is 147 Å². The summed E-state index contributed by atoms with van der Waals surface area (Å²) in [6, 6.07) is 11.7.